The van der Waals surface area contributed by atoms with Crippen LogP contribution in [0, 0.1) is 0 Å². The average Bonchev–Trinajstić information content (AvgIpc) is 3.03. The number of unbranched alkanes of at least 4 members (excludes halogenated alkanes) is 1. The zero-order valence-corrected chi connectivity index (χ0v) is 16.2. The lowest BCUT2D eigenvalue weighted by Crippen LogP contribution is -2.22. The molecule has 6 heteroatoms. The molecule has 3 rings (SSSR count). The third-order valence-corrected chi connectivity index (χ3v) is 5.12. The second-order valence-corrected chi connectivity index (χ2v) is 7.27. The Morgan fingerprint density at radius 3 is 2.63 bits per heavy atom. The van der Waals surface area contributed by atoms with E-state index in [1.54, 1.807) is 18.2 Å². The van der Waals surface area contributed by atoms with E-state index in [0.717, 1.165) is 42.9 Å². The van der Waals surface area contributed by atoms with Crippen LogP contribution in [0.5, 0.6) is 0 Å². The van der Waals surface area contributed by atoms with Crippen LogP contribution in [0.2, 0.25) is 5.02 Å². The molecule has 5 nitrogen and oxygen atoms in total. The summed E-state index contributed by atoms with van der Waals surface area (Å²) in [5, 5.41) is 0.817. The maximum atomic E-state index is 12.4. The molecule has 1 aromatic heterocycles. The van der Waals surface area contributed by atoms with Gasteiger partial charge in [0.15, 0.2) is 5.78 Å². The van der Waals surface area contributed by atoms with Crippen molar-refractivity contribution in [2.45, 2.75) is 25.7 Å². The van der Waals surface area contributed by atoms with Crippen LogP contribution in [0.25, 0.3) is 11.0 Å². The number of nitrogens with one attached hydrogen (secondary N) is 2. The molecule has 0 aliphatic heterocycles. The normalized spacial score (nSPS) is 11.4. The van der Waals surface area contributed by atoms with E-state index in [-0.39, 0.29) is 11.5 Å². The maximum Gasteiger partial charge on any atom is 0.323 e. The van der Waals surface area contributed by atoms with Crippen molar-refractivity contribution in [3.63, 3.8) is 0 Å². The van der Waals surface area contributed by atoms with E-state index in [1.807, 2.05) is 18.2 Å². The minimum absolute atomic E-state index is 0.109. The highest BCUT2D eigenvalue weighted by molar-refractivity contribution is 6.31. The second-order valence-electron chi connectivity index (χ2n) is 6.86. The number of ketones is 1. The molecule has 2 N–H and O–H groups in total. The maximum absolute atomic E-state index is 12.4. The predicted octanol–water partition coefficient (Wildman–Crippen LogP) is 4.04. The van der Waals surface area contributed by atoms with E-state index in [4.69, 9.17) is 11.6 Å². The number of fused-ring (bicyclic) bond motifs is 1. The number of Topliss-reactive ketones (excluding diaryl/α,β-unsaturated/α-hetero) is 1. The first-order valence-corrected chi connectivity index (χ1v) is 9.58. The Morgan fingerprint density at radius 1 is 1.04 bits per heavy atom. The van der Waals surface area contributed by atoms with Gasteiger partial charge in [0.05, 0.1) is 11.0 Å². The molecule has 0 amide bonds. The predicted molar refractivity (Wildman–Crippen MR) is 110 cm³/mol. The van der Waals surface area contributed by atoms with Crippen LogP contribution in [0.3, 0.4) is 0 Å². The molecule has 142 valence electrons. The van der Waals surface area contributed by atoms with Gasteiger partial charge in [-0.1, -0.05) is 29.8 Å². The monoisotopic (exact) mass is 385 g/mol. The number of hydrogen-bond donors (Lipinski definition) is 2. The summed E-state index contributed by atoms with van der Waals surface area (Å²) in [7, 11) is 2.09. The Morgan fingerprint density at radius 2 is 1.81 bits per heavy atom. The number of carbonyl (C=O) groups is 1. The van der Waals surface area contributed by atoms with E-state index in [0.29, 0.717) is 17.5 Å². The zero-order valence-electron chi connectivity index (χ0n) is 15.4. The summed E-state index contributed by atoms with van der Waals surface area (Å²) in [6.07, 6.45) is 3.24. The lowest BCUT2D eigenvalue weighted by molar-refractivity contribution is 0.0978. The van der Waals surface area contributed by atoms with E-state index < -0.39 is 0 Å². The van der Waals surface area contributed by atoms with E-state index >= 15 is 0 Å². The molecule has 0 fully saturated rings. The van der Waals surface area contributed by atoms with Gasteiger partial charge in [-0.05, 0) is 62.7 Å². The lowest BCUT2D eigenvalue weighted by Gasteiger charge is -2.16. The van der Waals surface area contributed by atoms with E-state index in [1.165, 1.54) is 5.56 Å². The van der Waals surface area contributed by atoms with Gasteiger partial charge in [-0.25, -0.2) is 4.79 Å². The summed E-state index contributed by atoms with van der Waals surface area (Å²) in [5.41, 5.74) is 2.94. The molecule has 3 aromatic rings. The summed E-state index contributed by atoms with van der Waals surface area (Å²) in [5.74, 6) is 0.109. The number of rotatable bonds is 9. The quantitative estimate of drug-likeness (QED) is 0.431. The van der Waals surface area contributed by atoms with Gasteiger partial charge in [-0.15, -0.1) is 0 Å². The molecule has 0 atom stereocenters. The van der Waals surface area contributed by atoms with Gasteiger partial charge in [-0.3, -0.25) is 4.79 Å². The van der Waals surface area contributed by atoms with E-state index in [9.17, 15) is 9.59 Å². The Labute approximate surface area is 163 Å². The number of halogens is 1. The molecule has 0 unspecified atom stereocenters. The van der Waals surface area contributed by atoms with Crippen LogP contribution in [-0.4, -0.2) is 40.8 Å². The van der Waals surface area contributed by atoms with Crippen molar-refractivity contribution >= 4 is 28.4 Å². The lowest BCUT2D eigenvalue weighted by atomic mass is 10.0. The van der Waals surface area contributed by atoms with Crippen molar-refractivity contribution in [1.82, 2.24) is 14.9 Å². The van der Waals surface area contributed by atoms with Gasteiger partial charge in [0.2, 0.25) is 0 Å². The standard InChI is InChI=1S/C21H24ClN3O2/c1-25(13-11-15-6-2-3-7-17(15)22)12-5-4-8-20(26)16-9-10-18-19(14-16)24-21(27)23-18/h2-3,6-7,9-10,14H,4-5,8,11-13H2,1H3,(H2,23,24,27). The highest BCUT2D eigenvalue weighted by Crippen LogP contribution is 2.16. The van der Waals surface area contributed by atoms with Crippen LogP contribution in [-0.2, 0) is 6.42 Å². The molecule has 0 radical (unpaired) electrons. The highest BCUT2D eigenvalue weighted by atomic mass is 35.5. The highest BCUT2D eigenvalue weighted by Gasteiger charge is 2.09. The number of hydrogen-bond acceptors (Lipinski definition) is 3. The molecule has 0 saturated carbocycles. The van der Waals surface area contributed by atoms with Gasteiger partial charge in [0.1, 0.15) is 0 Å². The SMILES string of the molecule is CN(CCCCC(=O)c1ccc2[nH]c(=O)[nH]c2c1)CCc1ccccc1Cl. The second kappa shape index (κ2) is 9.02. The molecule has 0 aliphatic rings. The molecule has 0 saturated heterocycles. The fourth-order valence-electron chi connectivity index (χ4n) is 3.14. The summed E-state index contributed by atoms with van der Waals surface area (Å²) >= 11 is 6.19. The molecule has 2 aromatic carbocycles. The molecular weight excluding hydrogens is 362 g/mol. The first kappa shape index (κ1) is 19.4. The molecule has 1 heterocycles. The van der Waals surface area contributed by atoms with Crippen LogP contribution in [0.15, 0.2) is 47.3 Å². The number of H-pyrrole nitrogens is 2. The van der Waals surface area contributed by atoms with Crippen molar-refractivity contribution in [3.8, 4) is 0 Å². The largest absolute Gasteiger partial charge is 0.323 e. The summed E-state index contributed by atoms with van der Waals surface area (Å²) in [6.45, 7) is 1.89. The third kappa shape index (κ3) is 5.31. The number of nitrogens with zero attached hydrogens (tertiary/aromatic N) is 1. The van der Waals surface area contributed by atoms with Crippen LogP contribution in [0.1, 0.15) is 35.2 Å². The van der Waals surface area contributed by atoms with E-state index in [2.05, 4.69) is 28.0 Å². The Kier molecular flexibility index (Phi) is 6.48. The molecule has 0 bridgehead atoms. The number of likely N-dealkylation sites (N-methyl/N-ethyl adjacent to an activating group) is 1. The number of aromatic amines is 2. The first-order chi connectivity index (χ1) is 13.0. The van der Waals surface area contributed by atoms with Gasteiger partial charge >= 0.3 is 5.69 Å². The zero-order chi connectivity index (χ0) is 19.2. The summed E-state index contributed by atoms with van der Waals surface area (Å²) < 4.78 is 0. The molecule has 0 aliphatic carbocycles. The van der Waals surface area contributed by atoms with Gasteiger partial charge in [0, 0.05) is 23.6 Å². The fourth-order valence-corrected chi connectivity index (χ4v) is 3.37. The van der Waals surface area contributed by atoms with Crippen molar-refractivity contribution in [3.05, 3.63) is 69.1 Å². The van der Waals surface area contributed by atoms with Gasteiger partial charge in [-0.2, -0.15) is 0 Å². The van der Waals surface area contributed by atoms with Crippen LogP contribution in [0.4, 0.5) is 0 Å². The van der Waals surface area contributed by atoms with Crippen molar-refractivity contribution in [1.29, 1.82) is 0 Å². The van der Waals surface area contributed by atoms with Crippen molar-refractivity contribution in [2.24, 2.45) is 0 Å². The summed E-state index contributed by atoms with van der Waals surface area (Å²) in [6, 6.07) is 13.2. The molecular formula is C21H24ClN3O2. The first-order valence-electron chi connectivity index (χ1n) is 9.20. The number of carbonyl (C=O) groups excluding carboxylic acids is 1. The van der Waals surface area contributed by atoms with Crippen LogP contribution < -0.4 is 5.69 Å². The minimum Gasteiger partial charge on any atom is -0.306 e. The third-order valence-electron chi connectivity index (χ3n) is 4.75. The van der Waals surface area contributed by atoms with Crippen molar-refractivity contribution in [2.75, 3.05) is 20.1 Å². The fraction of sp³-hybridized carbons (Fsp3) is 0.333. The average molecular weight is 386 g/mol. The molecule has 0 spiro atoms. The van der Waals surface area contributed by atoms with Crippen LogP contribution >= 0.6 is 11.6 Å². The van der Waals surface area contributed by atoms with Crippen molar-refractivity contribution < 1.29 is 4.79 Å². The topological polar surface area (TPSA) is 69.0 Å². The van der Waals surface area contributed by atoms with Gasteiger partial charge in [0.25, 0.3) is 0 Å². The Hall–Kier alpha value is -2.37. The number of imidazole rings is 1. The Bertz CT molecular complexity index is 977. The molecule has 27 heavy (non-hydrogen) atoms. The number of benzene rings is 2. The summed E-state index contributed by atoms with van der Waals surface area (Å²) in [4.78, 5) is 31.3. The smallest absolute Gasteiger partial charge is 0.306 e. The van der Waals surface area contributed by atoms with Gasteiger partial charge < -0.3 is 14.9 Å². The minimum atomic E-state index is -0.255. The number of aromatic nitrogens is 2. The Balaban J connectivity index is 1.40.